The van der Waals surface area contributed by atoms with Crippen LogP contribution in [0.1, 0.15) is 23.2 Å². The van der Waals surface area contributed by atoms with Crippen molar-refractivity contribution in [1.29, 1.82) is 0 Å². The van der Waals surface area contributed by atoms with Crippen molar-refractivity contribution in [3.63, 3.8) is 0 Å². The maximum atomic E-state index is 10.8. The number of pyridine rings is 1. The Morgan fingerprint density at radius 2 is 2.56 bits per heavy atom. The lowest BCUT2D eigenvalue weighted by Crippen LogP contribution is -2.14. The molecule has 1 unspecified atom stereocenters. The van der Waals surface area contributed by atoms with E-state index < -0.39 is 5.97 Å². The van der Waals surface area contributed by atoms with Crippen LogP contribution in [0.4, 0.5) is 5.82 Å². The summed E-state index contributed by atoms with van der Waals surface area (Å²) in [6.45, 7) is 0.862. The Morgan fingerprint density at radius 1 is 1.69 bits per heavy atom. The van der Waals surface area contributed by atoms with Crippen molar-refractivity contribution >= 4 is 23.5 Å². The molecular formula is C11H14N2O2S. The molecule has 16 heavy (non-hydrogen) atoms. The highest BCUT2D eigenvalue weighted by Gasteiger charge is 2.15. The molecule has 0 amide bonds. The van der Waals surface area contributed by atoms with Gasteiger partial charge >= 0.3 is 5.97 Å². The summed E-state index contributed by atoms with van der Waals surface area (Å²) in [6.07, 6.45) is 4.03. The SMILES string of the molecule is O=C(O)c1ccnc(NCC2CCCS2)c1. The molecular weight excluding hydrogens is 224 g/mol. The number of nitrogens with one attached hydrogen (secondary N) is 1. The number of carbonyl (C=O) groups is 1. The van der Waals surface area contributed by atoms with E-state index in [4.69, 9.17) is 5.11 Å². The van der Waals surface area contributed by atoms with Crippen molar-refractivity contribution in [1.82, 2.24) is 4.98 Å². The maximum Gasteiger partial charge on any atom is 0.335 e. The third-order valence-corrected chi connectivity index (χ3v) is 3.94. The predicted octanol–water partition coefficient (Wildman–Crippen LogP) is 2.09. The van der Waals surface area contributed by atoms with Crippen LogP contribution in [0.3, 0.4) is 0 Å². The summed E-state index contributed by atoms with van der Waals surface area (Å²) in [4.78, 5) is 14.9. The second-order valence-corrected chi connectivity index (χ2v) is 5.16. The molecule has 5 heteroatoms. The minimum atomic E-state index is -0.916. The Bertz CT molecular complexity index is 378. The van der Waals surface area contributed by atoms with Gasteiger partial charge in [-0.15, -0.1) is 0 Å². The first-order chi connectivity index (χ1) is 7.75. The standard InChI is InChI=1S/C11H14N2O2S/c14-11(15)8-3-4-12-10(6-8)13-7-9-2-1-5-16-9/h3-4,6,9H,1-2,5,7H2,(H,12,13)(H,14,15). The van der Waals surface area contributed by atoms with Crippen LogP contribution < -0.4 is 5.32 Å². The molecule has 2 heterocycles. The van der Waals surface area contributed by atoms with Crippen LogP contribution in [-0.4, -0.2) is 33.6 Å². The van der Waals surface area contributed by atoms with E-state index in [0.29, 0.717) is 11.1 Å². The van der Waals surface area contributed by atoms with Gasteiger partial charge in [0.15, 0.2) is 0 Å². The molecule has 1 aliphatic heterocycles. The van der Waals surface area contributed by atoms with Crippen LogP contribution >= 0.6 is 11.8 Å². The predicted molar refractivity (Wildman–Crippen MR) is 65.2 cm³/mol. The molecule has 1 aliphatic rings. The zero-order chi connectivity index (χ0) is 11.4. The Balaban J connectivity index is 1.93. The van der Waals surface area contributed by atoms with E-state index in [9.17, 15) is 4.79 Å². The van der Waals surface area contributed by atoms with Crippen molar-refractivity contribution in [2.75, 3.05) is 17.6 Å². The number of carboxylic acid groups (broad SMARTS) is 1. The van der Waals surface area contributed by atoms with Crippen molar-refractivity contribution < 1.29 is 9.90 Å². The fraction of sp³-hybridized carbons (Fsp3) is 0.455. The summed E-state index contributed by atoms with van der Waals surface area (Å²) in [6, 6.07) is 3.07. The quantitative estimate of drug-likeness (QED) is 0.841. The largest absolute Gasteiger partial charge is 0.478 e. The molecule has 86 valence electrons. The van der Waals surface area contributed by atoms with Gasteiger partial charge in [0.05, 0.1) is 5.56 Å². The van der Waals surface area contributed by atoms with Gasteiger partial charge < -0.3 is 10.4 Å². The van der Waals surface area contributed by atoms with Crippen LogP contribution in [0, 0.1) is 0 Å². The van der Waals surface area contributed by atoms with E-state index in [1.165, 1.54) is 30.9 Å². The minimum absolute atomic E-state index is 0.275. The summed E-state index contributed by atoms with van der Waals surface area (Å²) >= 11 is 1.97. The van der Waals surface area contributed by atoms with Gasteiger partial charge in [0.2, 0.25) is 0 Å². The molecule has 1 aromatic heterocycles. The van der Waals surface area contributed by atoms with E-state index in [2.05, 4.69) is 10.3 Å². The van der Waals surface area contributed by atoms with E-state index >= 15 is 0 Å². The number of nitrogens with zero attached hydrogens (tertiary/aromatic N) is 1. The Kier molecular flexibility index (Phi) is 3.66. The molecule has 0 bridgehead atoms. The Morgan fingerprint density at radius 3 is 3.25 bits per heavy atom. The molecule has 0 aliphatic carbocycles. The van der Waals surface area contributed by atoms with Gasteiger partial charge in [0.25, 0.3) is 0 Å². The number of carboxylic acids is 1. The fourth-order valence-corrected chi connectivity index (χ4v) is 2.89. The molecule has 0 radical (unpaired) electrons. The van der Waals surface area contributed by atoms with Crippen molar-refractivity contribution in [3.05, 3.63) is 23.9 Å². The molecule has 1 fully saturated rings. The molecule has 0 saturated carbocycles. The van der Waals surface area contributed by atoms with Gasteiger partial charge in [-0.3, -0.25) is 0 Å². The normalized spacial score (nSPS) is 19.6. The number of hydrogen-bond acceptors (Lipinski definition) is 4. The van der Waals surface area contributed by atoms with Gasteiger partial charge in [0, 0.05) is 18.0 Å². The maximum absolute atomic E-state index is 10.8. The third-order valence-electron chi connectivity index (χ3n) is 2.54. The van der Waals surface area contributed by atoms with Gasteiger partial charge in [-0.05, 0) is 30.7 Å². The molecule has 1 aromatic rings. The lowest BCUT2D eigenvalue weighted by molar-refractivity contribution is 0.0697. The lowest BCUT2D eigenvalue weighted by atomic mass is 10.2. The monoisotopic (exact) mass is 238 g/mol. The first kappa shape index (κ1) is 11.3. The van der Waals surface area contributed by atoms with Crippen molar-refractivity contribution in [2.24, 2.45) is 0 Å². The highest BCUT2D eigenvalue weighted by atomic mass is 32.2. The van der Waals surface area contributed by atoms with Gasteiger partial charge in [-0.25, -0.2) is 9.78 Å². The average Bonchev–Trinajstić information content (AvgIpc) is 2.79. The minimum Gasteiger partial charge on any atom is -0.478 e. The number of aromatic nitrogens is 1. The number of rotatable bonds is 4. The number of aromatic carboxylic acids is 1. The first-order valence-electron chi connectivity index (χ1n) is 5.30. The molecule has 1 atom stereocenters. The molecule has 1 saturated heterocycles. The summed E-state index contributed by atoms with van der Waals surface area (Å²) < 4.78 is 0. The summed E-state index contributed by atoms with van der Waals surface area (Å²) in [5.41, 5.74) is 0.275. The topological polar surface area (TPSA) is 62.2 Å². The summed E-state index contributed by atoms with van der Waals surface area (Å²) in [5.74, 6) is 0.961. The Labute approximate surface area is 98.5 Å². The van der Waals surface area contributed by atoms with E-state index in [0.717, 1.165) is 6.54 Å². The number of hydrogen-bond donors (Lipinski definition) is 2. The average molecular weight is 238 g/mol. The Hall–Kier alpha value is -1.23. The molecule has 2 N–H and O–H groups in total. The summed E-state index contributed by atoms with van der Waals surface area (Å²) in [5, 5.41) is 12.7. The van der Waals surface area contributed by atoms with E-state index in [-0.39, 0.29) is 5.56 Å². The zero-order valence-electron chi connectivity index (χ0n) is 8.85. The fourth-order valence-electron chi connectivity index (χ4n) is 1.68. The second-order valence-electron chi connectivity index (χ2n) is 3.75. The van der Waals surface area contributed by atoms with Crippen LogP contribution in [-0.2, 0) is 0 Å². The first-order valence-corrected chi connectivity index (χ1v) is 6.35. The van der Waals surface area contributed by atoms with Crippen LogP contribution in [0.15, 0.2) is 18.3 Å². The van der Waals surface area contributed by atoms with Crippen molar-refractivity contribution in [3.8, 4) is 0 Å². The van der Waals surface area contributed by atoms with Crippen molar-refractivity contribution in [2.45, 2.75) is 18.1 Å². The molecule has 0 aromatic carbocycles. The molecule has 0 spiro atoms. The van der Waals surface area contributed by atoms with Gasteiger partial charge in [-0.1, -0.05) is 0 Å². The lowest BCUT2D eigenvalue weighted by Gasteiger charge is -2.10. The highest BCUT2D eigenvalue weighted by Crippen LogP contribution is 2.26. The zero-order valence-corrected chi connectivity index (χ0v) is 9.67. The van der Waals surface area contributed by atoms with E-state index in [1.54, 1.807) is 6.07 Å². The summed E-state index contributed by atoms with van der Waals surface area (Å²) in [7, 11) is 0. The van der Waals surface area contributed by atoms with Crippen LogP contribution in [0.25, 0.3) is 0 Å². The number of anilines is 1. The van der Waals surface area contributed by atoms with Crippen LogP contribution in [0.2, 0.25) is 0 Å². The third kappa shape index (κ3) is 2.88. The van der Waals surface area contributed by atoms with Gasteiger partial charge in [-0.2, -0.15) is 11.8 Å². The second kappa shape index (κ2) is 5.21. The molecule has 2 rings (SSSR count). The smallest absolute Gasteiger partial charge is 0.335 e. The van der Waals surface area contributed by atoms with Crippen LogP contribution in [0.5, 0.6) is 0 Å². The van der Waals surface area contributed by atoms with Gasteiger partial charge in [0.1, 0.15) is 5.82 Å². The molecule has 4 nitrogen and oxygen atoms in total. The highest BCUT2D eigenvalue weighted by molar-refractivity contribution is 8.00. The number of thioether (sulfide) groups is 1. The van der Waals surface area contributed by atoms with E-state index in [1.807, 2.05) is 11.8 Å².